The minimum Gasteiger partial charge on any atom is -0.308 e. The fraction of sp³-hybridized carbons (Fsp3) is 0.400. The van der Waals surface area contributed by atoms with Crippen molar-refractivity contribution in [3.8, 4) is 0 Å². The molecular weight excluding hydrogens is 478 g/mol. The number of aromatic nitrogens is 3. The molecular formula is C25H26F4N5O2+. The number of nitrogens with one attached hydrogen (secondary N) is 1. The van der Waals surface area contributed by atoms with Gasteiger partial charge in [-0.1, -0.05) is 0 Å². The van der Waals surface area contributed by atoms with Crippen LogP contribution in [-0.4, -0.2) is 50.8 Å². The number of halogens is 4. The van der Waals surface area contributed by atoms with E-state index in [2.05, 4.69) is 10.4 Å². The number of carbonyl (C=O) groups is 1. The van der Waals surface area contributed by atoms with E-state index in [1.807, 2.05) is 0 Å². The second kappa shape index (κ2) is 9.20. The molecule has 0 bridgehead atoms. The van der Waals surface area contributed by atoms with Gasteiger partial charge in [-0.2, -0.15) is 5.10 Å². The largest absolute Gasteiger partial charge is 0.308 e. The number of amides is 1. The van der Waals surface area contributed by atoms with Crippen molar-refractivity contribution in [1.29, 1.82) is 0 Å². The number of hydrogen-bond acceptors (Lipinski definition) is 4. The maximum atomic E-state index is 14.7. The molecule has 2 N–H and O–H groups in total. The van der Waals surface area contributed by atoms with Gasteiger partial charge in [-0.15, -0.1) is 0 Å². The van der Waals surface area contributed by atoms with Crippen LogP contribution in [0.15, 0.2) is 48.8 Å². The van der Waals surface area contributed by atoms with Crippen molar-refractivity contribution in [2.75, 3.05) is 18.4 Å². The molecule has 11 heteroatoms. The number of piperidine rings is 1. The Hall–Kier alpha value is -3.47. The Morgan fingerprint density at radius 1 is 1.14 bits per heavy atom. The van der Waals surface area contributed by atoms with Crippen molar-refractivity contribution in [2.24, 2.45) is 0 Å². The van der Waals surface area contributed by atoms with Crippen LogP contribution in [0.4, 0.5) is 23.4 Å². The van der Waals surface area contributed by atoms with Gasteiger partial charge in [0.2, 0.25) is 18.3 Å². The van der Waals surface area contributed by atoms with Crippen LogP contribution in [0.25, 0.3) is 0 Å². The van der Waals surface area contributed by atoms with E-state index in [0.29, 0.717) is 29.9 Å². The molecule has 0 unspecified atom stereocenters. The van der Waals surface area contributed by atoms with Crippen molar-refractivity contribution in [3.05, 3.63) is 77.2 Å². The minimum atomic E-state index is -2.94. The zero-order valence-corrected chi connectivity index (χ0v) is 19.5. The fourth-order valence-corrected chi connectivity index (χ4v) is 5.15. The quantitative estimate of drug-likeness (QED) is 0.316. The lowest BCUT2D eigenvalue weighted by Crippen LogP contribution is -2.52. The predicted molar refractivity (Wildman–Crippen MR) is 121 cm³/mol. The van der Waals surface area contributed by atoms with Gasteiger partial charge in [0.05, 0.1) is 12.0 Å². The molecule has 1 amide bonds. The van der Waals surface area contributed by atoms with Gasteiger partial charge in [0.15, 0.2) is 5.82 Å². The number of hydrogen-bond donors (Lipinski definition) is 2. The van der Waals surface area contributed by atoms with Crippen molar-refractivity contribution < 1.29 is 32.3 Å². The third kappa shape index (κ3) is 4.67. The zero-order valence-electron chi connectivity index (χ0n) is 19.5. The lowest BCUT2D eigenvalue weighted by atomic mass is 9.87. The van der Waals surface area contributed by atoms with Crippen LogP contribution in [0.1, 0.15) is 48.4 Å². The number of fused-ring (bicyclic) bond motifs is 1. The molecule has 2 aliphatic heterocycles. The number of pyridine rings is 1. The predicted octanol–water partition coefficient (Wildman–Crippen LogP) is 3.67. The van der Waals surface area contributed by atoms with E-state index < -0.39 is 35.9 Å². The molecule has 36 heavy (non-hydrogen) atoms. The summed E-state index contributed by atoms with van der Waals surface area (Å²) in [5, 5.41) is 16.6. The summed E-state index contributed by atoms with van der Waals surface area (Å²) in [6.45, 7) is 2.23. The molecule has 7 nitrogen and oxygen atoms in total. The number of anilines is 1. The Morgan fingerprint density at radius 3 is 2.53 bits per heavy atom. The monoisotopic (exact) mass is 504 g/mol. The van der Waals surface area contributed by atoms with Crippen molar-refractivity contribution in [3.63, 3.8) is 0 Å². The Bertz CT molecular complexity index is 1260. The molecule has 1 saturated heterocycles. The first-order valence-electron chi connectivity index (χ1n) is 11.8. The van der Waals surface area contributed by atoms with E-state index >= 15 is 0 Å². The van der Waals surface area contributed by atoms with E-state index in [4.69, 9.17) is 0 Å². The first-order chi connectivity index (χ1) is 17.1. The molecule has 0 aliphatic carbocycles. The Kier molecular flexibility index (Phi) is 6.19. The number of benzene rings is 1. The molecule has 190 valence electrons. The number of likely N-dealkylation sites (tertiary alicyclic amines) is 1. The topological polar surface area (TPSA) is 74.3 Å². The Labute approximate surface area is 204 Å². The number of rotatable bonds is 5. The Morgan fingerprint density at radius 2 is 1.83 bits per heavy atom. The normalized spacial score (nSPS) is 22.2. The lowest BCUT2D eigenvalue weighted by molar-refractivity contribution is -0.904. The molecule has 3 aromatic rings. The highest BCUT2D eigenvalue weighted by Crippen LogP contribution is 2.41. The van der Waals surface area contributed by atoms with Crippen molar-refractivity contribution >= 4 is 11.7 Å². The van der Waals surface area contributed by atoms with Gasteiger partial charge in [0.1, 0.15) is 11.6 Å². The van der Waals surface area contributed by atoms with Crippen molar-refractivity contribution in [2.45, 2.75) is 50.1 Å². The third-order valence-electron chi connectivity index (χ3n) is 7.16. The second-order valence-electron chi connectivity index (χ2n) is 9.46. The van der Waals surface area contributed by atoms with E-state index in [9.17, 15) is 27.6 Å². The molecule has 1 aromatic carbocycles. The summed E-state index contributed by atoms with van der Waals surface area (Å²) in [5.41, 5.74) is 1.63. The summed E-state index contributed by atoms with van der Waals surface area (Å²) in [7, 11) is 0. The first kappa shape index (κ1) is 24.2. The summed E-state index contributed by atoms with van der Waals surface area (Å²) < 4.78 is 59.3. The van der Waals surface area contributed by atoms with Crippen LogP contribution < -0.4 is 10.0 Å². The summed E-state index contributed by atoms with van der Waals surface area (Å²) in [5.74, 6) is -5.69. The smallest absolute Gasteiger partial charge is 0.257 e. The maximum absolute atomic E-state index is 14.7. The highest BCUT2D eigenvalue weighted by Gasteiger charge is 2.46. The van der Waals surface area contributed by atoms with Crippen LogP contribution in [0, 0.1) is 11.6 Å². The molecule has 0 saturated carbocycles. The standard InChI is InChI=1S/C25H25F4N5O2/c1-15(32-9-5-25(28,29)21(14-32)16-2-6-33(36)7-3-16)24(35)30-23-13-22-20(4-8-34(22)31-23)17-10-18(26)12-19(27)11-17/h2-3,6-7,10-13,15,20-21H,4-5,8-9,14H2,1H3,(H-,30,31,35,36)/p+1/t15-,20+,21+/m0/s1. The van der Waals surface area contributed by atoms with Gasteiger partial charge in [-0.05, 0) is 36.6 Å². The van der Waals surface area contributed by atoms with Gasteiger partial charge < -0.3 is 5.32 Å². The molecule has 0 radical (unpaired) electrons. The van der Waals surface area contributed by atoms with Gasteiger partial charge in [0, 0.05) is 66.7 Å². The molecule has 2 aromatic heterocycles. The van der Waals surface area contributed by atoms with E-state index in [0.717, 1.165) is 16.5 Å². The highest BCUT2D eigenvalue weighted by atomic mass is 19.3. The van der Waals surface area contributed by atoms with Crippen LogP contribution >= 0.6 is 0 Å². The number of alkyl halides is 2. The van der Waals surface area contributed by atoms with Gasteiger partial charge >= 0.3 is 0 Å². The molecule has 1 fully saturated rings. The maximum Gasteiger partial charge on any atom is 0.257 e. The minimum absolute atomic E-state index is 0.0239. The van der Waals surface area contributed by atoms with Gasteiger partial charge in [0.25, 0.3) is 5.92 Å². The summed E-state index contributed by atoms with van der Waals surface area (Å²) >= 11 is 0. The zero-order chi connectivity index (χ0) is 25.6. The lowest BCUT2D eigenvalue weighted by Gasteiger charge is -2.40. The van der Waals surface area contributed by atoms with Crippen LogP contribution in [0.5, 0.6) is 0 Å². The van der Waals surface area contributed by atoms with E-state index in [1.165, 1.54) is 36.7 Å². The average molecular weight is 505 g/mol. The van der Waals surface area contributed by atoms with Crippen molar-refractivity contribution in [1.82, 2.24) is 14.7 Å². The average Bonchev–Trinajstić information content (AvgIpc) is 3.39. The number of nitrogens with zero attached hydrogens (tertiary/aromatic N) is 4. The van der Waals surface area contributed by atoms with Gasteiger partial charge in [-0.25, -0.2) is 17.6 Å². The molecule has 5 rings (SSSR count). The fourth-order valence-electron chi connectivity index (χ4n) is 5.15. The number of aryl methyl sites for hydroxylation is 1. The summed E-state index contributed by atoms with van der Waals surface area (Å²) in [6, 6.07) is 7.30. The molecule has 0 spiro atoms. The Balaban J connectivity index is 1.28. The highest BCUT2D eigenvalue weighted by molar-refractivity contribution is 5.93. The van der Waals surface area contributed by atoms with Gasteiger partial charge in [-0.3, -0.25) is 19.6 Å². The summed E-state index contributed by atoms with van der Waals surface area (Å²) in [4.78, 5) is 14.7. The number of carbonyl (C=O) groups excluding carboxylic acids is 1. The second-order valence-corrected chi connectivity index (χ2v) is 9.46. The van der Waals surface area contributed by atoms with Crippen LogP contribution in [0.3, 0.4) is 0 Å². The summed E-state index contributed by atoms with van der Waals surface area (Å²) in [6.07, 6.45) is 2.83. The van der Waals surface area contributed by atoms with Crippen LogP contribution in [0.2, 0.25) is 0 Å². The SMILES string of the molecule is C[C@@H](C(=O)Nc1cc2n(n1)CC[C@@H]2c1cc(F)cc(F)c1)N1CCC(F)(F)[C@@H](c2cc[n+](O)cc2)C1. The molecule has 2 aliphatic rings. The molecule has 4 heterocycles. The van der Waals surface area contributed by atoms with E-state index in [-0.39, 0.29) is 24.9 Å². The third-order valence-corrected chi connectivity index (χ3v) is 7.16. The first-order valence-corrected chi connectivity index (χ1v) is 11.8. The van der Waals surface area contributed by atoms with E-state index in [1.54, 1.807) is 22.6 Å². The van der Waals surface area contributed by atoms with Crippen LogP contribution in [-0.2, 0) is 11.3 Å². The molecule has 3 atom stereocenters.